The number of benzene rings is 6. The Kier molecular flexibility index (Phi) is 23.3. The van der Waals surface area contributed by atoms with E-state index in [4.69, 9.17) is 40.7 Å². The number of hydrogen-bond acceptors (Lipinski definition) is 14. The number of morpholine rings is 2. The maximum absolute atomic E-state index is 13.4. The van der Waals surface area contributed by atoms with Crippen molar-refractivity contribution in [3.8, 4) is 22.9 Å². The van der Waals surface area contributed by atoms with Gasteiger partial charge in [-0.05, 0) is 97.8 Å². The van der Waals surface area contributed by atoms with Gasteiger partial charge in [-0.1, -0.05) is 125 Å². The highest BCUT2D eigenvalue weighted by molar-refractivity contribution is 6.29. The molecule has 0 radical (unpaired) electrons. The summed E-state index contributed by atoms with van der Waals surface area (Å²) in [4.78, 5) is 61.4. The van der Waals surface area contributed by atoms with Crippen molar-refractivity contribution >= 4 is 91.7 Å². The molecular formula is C74H83ClN14O8. The molecule has 2 fully saturated rings. The topological polar surface area (TPSA) is 254 Å². The van der Waals surface area contributed by atoms with Gasteiger partial charge in [0.15, 0.2) is 0 Å². The Morgan fingerprint density at radius 2 is 0.928 bits per heavy atom. The van der Waals surface area contributed by atoms with Crippen molar-refractivity contribution in [3.05, 3.63) is 204 Å². The van der Waals surface area contributed by atoms with Crippen LogP contribution >= 0.6 is 11.6 Å². The van der Waals surface area contributed by atoms with Gasteiger partial charge in [-0.25, -0.2) is 28.9 Å². The first kappa shape index (κ1) is 69.6. The van der Waals surface area contributed by atoms with Crippen LogP contribution in [0.4, 0.5) is 44.2 Å². The smallest absolute Gasteiger partial charge is 0.324 e. The summed E-state index contributed by atoms with van der Waals surface area (Å²) in [6.45, 7) is 24.0. The van der Waals surface area contributed by atoms with Crippen molar-refractivity contribution in [2.24, 2.45) is 0 Å². The van der Waals surface area contributed by atoms with E-state index in [9.17, 15) is 19.2 Å². The fraction of sp³-hybridized carbons (Fsp3) is 0.297. The van der Waals surface area contributed by atoms with Crippen LogP contribution in [0.3, 0.4) is 0 Å². The van der Waals surface area contributed by atoms with E-state index >= 15 is 0 Å². The van der Waals surface area contributed by atoms with Crippen LogP contribution < -0.4 is 46.7 Å². The Balaban J connectivity index is 0.000000194. The number of aryl methyl sites for hydroxylation is 2. The molecule has 0 spiro atoms. The van der Waals surface area contributed by atoms with Crippen LogP contribution in [0.2, 0.25) is 0 Å². The lowest BCUT2D eigenvalue weighted by Gasteiger charge is -2.25. The van der Waals surface area contributed by atoms with Crippen molar-refractivity contribution in [1.82, 2.24) is 39.7 Å². The zero-order chi connectivity index (χ0) is 68.5. The molecule has 0 atom stereocenters. The van der Waals surface area contributed by atoms with Crippen molar-refractivity contribution in [2.45, 2.75) is 79.4 Å². The molecule has 0 saturated carbocycles. The van der Waals surface area contributed by atoms with Gasteiger partial charge in [0.05, 0.1) is 67.1 Å². The average molecular weight is 1330 g/mol. The van der Waals surface area contributed by atoms with E-state index < -0.39 is 6.03 Å². The molecule has 12 rings (SSSR count). The van der Waals surface area contributed by atoms with Crippen LogP contribution in [0.25, 0.3) is 32.9 Å². The number of aromatic nitrogens is 6. The molecule has 6 amide bonds. The number of fused-ring (bicyclic) bond motifs is 2. The van der Waals surface area contributed by atoms with Crippen molar-refractivity contribution in [2.75, 3.05) is 96.9 Å². The molecule has 10 aromatic rings. The van der Waals surface area contributed by atoms with E-state index in [0.29, 0.717) is 65.9 Å². The van der Waals surface area contributed by atoms with Crippen LogP contribution in [0.15, 0.2) is 170 Å². The molecule has 7 N–H and O–H groups in total. The van der Waals surface area contributed by atoms with E-state index in [1.165, 1.54) is 0 Å². The second-order valence-corrected chi connectivity index (χ2v) is 25.7. The number of hydrogen-bond donors (Lipinski definition) is 7. The second-order valence-electron chi connectivity index (χ2n) is 25.5. The molecule has 2 aliphatic rings. The molecule has 6 aromatic carbocycles. The van der Waals surface area contributed by atoms with Gasteiger partial charge in [0.1, 0.15) is 53.9 Å². The fourth-order valence-corrected chi connectivity index (χ4v) is 10.5. The molecule has 6 heterocycles. The SMILES string of the molecule is C1COCCN1.Cc1ccc(-n2nc(C(C)(C)C)cc2NC(=O)Nc2ccc(OCc3ccnc(NC(=O)CCl)c3)c3ccccc23)cc1.Cc1ccc(-n2nc(C(C)(C)C)cc2NC(=O)Nc2ccc(OCc3ccnc(NC(=O)CN4CCOCC4)c3)c3ccccc23)cc1. The Hall–Kier alpha value is -10.2. The highest BCUT2D eigenvalue weighted by Gasteiger charge is 2.25. The predicted octanol–water partition coefficient (Wildman–Crippen LogP) is 13.6. The number of rotatable bonds is 17. The van der Waals surface area contributed by atoms with E-state index in [0.717, 1.165) is 106 Å². The third kappa shape index (κ3) is 19.5. The summed E-state index contributed by atoms with van der Waals surface area (Å²) in [5.41, 5.74) is 8.26. The number of alkyl halides is 1. The number of nitrogens with one attached hydrogen (secondary N) is 7. The number of pyridine rings is 2. The Bertz CT molecular complexity index is 4330. The number of carbonyl (C=O) groups excluding carboxylic acids is 4. The Morgan fingerprint density at radius 1 is 0.505 bits per heavy atom. The highest BCUT2D eigenvalue weighted by atomic mass is 35.5. The van der Waals surface area contributed by atoms with E-state index in [1.807, 2.05) is 166 Å². The Morgan fingerprint density at radius 3 is 1.33 bits per heavy atom. The summed E-state index contributed by atoms with van der Waals surface area (Å²) in [5, 5.41) is 33.7. The number of urea groups is 2. The van der Waals surface area contributed by atoms with Crippen molar-refractivity contribution in [1.29, 1.82) is 0 Å². The quantitative estimate of drug-likeness (QED) is 0.0419. The first-order valence-electron chi connectivity index (χ1n) is 32.2. The Labute approximate surface area is 569 Å². The number of amides is 6. The van der Waals surface area contributed by atoms with Gasteiger partial charge in [-0.3, -0.25) is 25.1 Å². The van der Waals surface area contributed by atoms with E-state index in [1.54, 1.807) is 27.8 Å². The summed E-state index contributed by atoms with van der Waals surface area (Å²) < 4.78 is 26.3. The summed E-state index contributed by atoms with van der Waals surface area (Å²) in [7, 11) is 0. The number of ether oxygens (including phenoxy) is 4. The maximum Gasteiger partial charge on any atom is 0.324 e. The highest BCUT2D eigenvalue weighted by Crippen LogP contribution is 2.35. The molecule has 22 nitrogen and oxygen atoms in total. The average Bonchev–Trinajstić information content (AvgIpc) is 1.44. The van der Waals surface area contributed by atoms with Gasteiger partial charge < -0.3 is 45.5 Å². The molecule has 23 heteroatoms. The van der Waals surface area contributed by atoms with Gasteiger partial charge in [0, 0.05) is 83.1 Å². The van der Waals surface area contributed by atoms with Crippen LogP contribution in [-0.4, -0.2) is 123 Å². The van der Waals surface area contributed by atoms with E-state index in [2.05, 4.69) is 93.6 Å². The maximum atomic E-state index is 13.4. The second kappa shape index (κ2) is 32.5. The summed E-state index contributed by atoms with van der Waals surface area (Å²) in [5.74, 6) is 2.73. The normalized spacial score (nSPS) is 13.2. The lowest BCUT2D eigenvalue weighted by molar-refractivity contribution is -0.118. The van der Waals surface area contributed by atoms with Gasteiger partial charge >= 0.3 is 12.1 Å². The van der Waals surface area contributed by atoms with Crippen LogP contribution in [-0.2, 0) is 43.1 Å². The minimum absolute atomic E-state index is 0.116. The van der Waals surface area contributed by atoms with Crippen LogP contribution in [0, 0.1) is 13.8 Å². The lowest BCUT2D eigenvalue weighted by atomic mass is 9.92. The number of halogens is 1. The minimum Gasteiger partial charge on any atom is -0.488 e. The molecular weight excluding hydrogens is 1250 g/mol. The van der Waals surface area contributed by atoms with Gasteiger partial charge in [-0.15, -0.1) is 11.6 Å². The van der Waals surface area contributed by atoms with Crippen LogP contribution in [0.5, 0.6) is 11.5 Å². The largest absolute Gasteiger partial charge is 0.488 e. The van der Waals surface area contributed by atoms with Crippen molar-refractivity contribution in [3.63, 3.8) is 0 Å². The monoisotopic (exact) mass is 1330 g/mol. The molecule has 0 bridgehead atoms. The third-order valence-electron chi connectivity index (χ3n) is 15.7. The van der Waals surface area contributed by atoms with Gasteiger partial charge in [-0.2, -0.15) is 10.2 Å². The standard InChI is InChI=1S/C37H41N7O4.C33H33ClN6O3.C4H9NO/c1-25-9-11-27(12-10-25)44-34(22-32(42-44)37(2,3)4)41-36(46)39-30-13-14-31(29-8-6-5-7-28(29)30)48-24-26-15-16-38-33(21-26)40-35(45)23-43-17-19-47-20-18-43;1-21-9-11-23(12-10-21)40-30(18-28(39-40)33(2,3)4)38-32(42)36-26-13-14-27(25-8-6-5-7-24(25)26)43-20-22-15-16-35-29(17-22)37-31(41)19-34;1-3-6-4-2-5-1/h5-16,21-22H,17-20,23-24H2,1-4H3,(H,38,40,45)(H2,39,41,46);5-18H,19-20H2,1-4H3,(H,35,37,41)(H2,36,38,42);5H,1-4H2. The summed E-state index contributed by atoms with van der Waals surface area (Å²) in [6, 6.07) is 49.0. The van der Waals surface area contributed by atoms with Gasteiger partial charge in [0.25, 0.3) is 0 Å². The number of nitrogens with zero attached hydrogens (tertiary/aromatic N) is 7. The minimum atomic E-state index is -0.393. The van der Waals surface area contributed by atoms with Gasteiger partial charge in [0.2, 0.25) is 11.8 Å². The van der Waals surface area contributed by atoms with Crippen LogP contribution in [0.1, 0.15) is 75.2 Å². The molecule has 0 aliphatic carbocycles. The molecule has 0 unspecified atom stereocenters. The van der Waals surface area contributed by atoms with Crippen molar-refractivity contribution < 1.29 is 38.1 Å². The molecule has 97 heavy (non-hydrogen) atoms. The summed E-state index contributed by atoms with van der Waals surface area (Å²) in [6.07, 6.45) is 3.25. The molecule has 4 aromatic heterocycles. The molecule has 2 aliphatic heterocycles. The number of carbonyl (C=O) groups is 4. The van der Waals surface area contributed by atoms with E-state index in [-0.39, 0.29) is 47.8 Å². The first-order valence-corrected chi connectivity index (χ1v) is 32.7. The lowest BCUT2D eigenvalue weighted by Crippen LogP contribution is -2.41. The third-order valence-corrected chi connectivity index (χ3v) is 15.9. The zero-order valence-corrected chi connectivity index (χ0v) is 56.7. The molecule has 504 valence electrons. The zero-order valence-electron chi connectivity index (χ0n) is 55.9. The number of anilines is 6. The summed E-state index contributed by atoms with van der Waals surface area (Å²) >= 11 is 5.58. The molecule has 2 saturated heterocycles. The fourth-order valence-electron chi connectivity index (χ4n) is 10.4. The first-order chi connectivity index (χ1) is 46.7. The predicted molar refractivity (Wildman–Crippen MR) is 383 cm³/mol.